The first-order chi connectivity index (χ1) is 8.66. The molecule has 0 bridgehead atoms. The van der Waals surface area contributed by atoms with Gasteiger partial charge in [0, 0.05) is 4.90 Å². The Morgan fingerprint density at radius 3 is 2.78 bits per heavy atom. The van der Waals surface area contributed by atoms with E-state index in [1.165, 1.54) is 0 Å². The van der Waals surface area contributed by atoms with Crippen molar-refractivity contribution in [2.45, 2.75) is 30.6 Å². The molecule has 18 heavy (non-hydrogen) atoms. The third kappa shape index (κ3) is 3.23. The van der Waals surface area contributed by atoms with Crippen LogP contribution in [0.15, 0.2) is 45.9 Å². The second-order valence-corrected chi connectivity index (χ2v) is 5.22. The van der Waals surface area contributed by atoms with Gasteiger partial charge in [0.05, 0.1) is 23.8 Å². The summed E-state index contributed by atoms with van der Waals surface area (Å²) in [6.45, 7) is 3.98. The van der Waals surface area contributed by atoms with E-state index in [1.807, 2.05) is 44.2 Å². The largest absolute Gasteiger partial charge is 0.489 e. The van der Waals surface area contributed by atoms with Crippen molar-refractivity contribution in [1.29, 1.82) is 0 Å². The third-order valence-corrected chi connectivity index (χ3v) is 3.43. The Kier molecular flexibility index (Phi) is 4.20. The average molecular weight is 263 g/mol. The van der Waals surface area contributed by atoms with Crippen molar-refractivity contribution < 1.29 is 9.15 Å². The van der Waals surface area contributed by atoms with Crippen LogP contribution < -0.4 is 10.5 Å². The van der Waals surface area contributed by atoms with Crippen LogP contribution in [0, 0.1) is 0 Å². The van der Waals surface area contributed by atoms with Crippen molar-refractivity contribution in [3.63, 3.8) is 0 Å². The maximum absolute atomic E-state index is 6.09. The number of nitrogens with two attached hydrogens (primary N) is 1. The van der Waals surface area contributed by atoms with E-state index in [1.54, 1.807) is 18.0 Å². The van der Waals surface area contributed by atoms with Gasteiger partial charge >= 0.3 is 0 Å². The molecule has 0 atom stereocenters. The van der Waals surface area contributed by atoms with Crippen molar-refractivity contribution in [2.75, 3.05) is 5.73 Å². The van der Waals surface area contributed by atoms with Crippen LogP contribution in [0.25, 0.3) is 0 Å². The number of hydrogen-bond acceptors (Lipinski definition) is 4. The number of anilines is 1. The Bertz CT molecular complexity index is 495. The number of benzene rings is 1. The highest BCUT2D eigenvalue weighted by molar-refractivity contribution is 7.98. The Morgan fingerprint density at radius 2 is 2.11 bits per heavy atom. The van der Waals surface area contributed by atoms with Crippen LogP contribution in [0.5, 0.6) is 5.75 Å². The Balaban J connectivity index is 2.08. The lowest BCUT2D eigenvalue weighted by molar-refractivity contribution is 0.243. The van der Waals surface area contributed by atoms with E-state index in [-0.39, 0.29) is 6.10 Å². The maximum Gasteiger partial charge on any atom is 0.143 e. The summed E-state index contributed by atoms with van der Waals surface area (Å²) in [6.07, 6.45) is 1.80. The highest BCUT2D eigenvalue weighted by Gasteiger charge is 2.08. The molecular formula is C14H17NO2S. The van der Waals surface area contributed by atoms with E-state index in [9.17, 15) is 0 Å². The summed E-state index contributed by atoms with van der Waals surface area (Å²) >= 11 is 1.65. The second-order valence-electron chi connectivity index (χ2n) is 4.20. The summed E-state index contributed by atoms with van der Waals surface area (Å²) in [4.78, 5) is 1.02. The van der Waals surface area contributed by atoms with Gasteiger partial charge in [0.25, 0.3) is 0 Å². The van der Waals surface area contributed by atoms with E-state index in [0.717, 1.165) is 22.2 Å². The number of nitrogen functional groups attached to an aromatic ring is 1. The fraction of sp³-hybridized carbons (Fsp3) is 0.286. The molecule has 96 valence electrons. The van der Waals surface area contributed by atoms with Gasteiger partial charge < -0.3 is 14.9 Å². The normalized spacial score (nSPS) is 10.8. The molecule has 1 aromatic carbocycles. The minimum Gasteiger partial charge on any atom is -0.489 e. The molecule has 0 fully saturated rings. The standard InChI is InChI=1S/C14H17NO2S/c1-10(2)17-12-6-3-7-13(14(12)15)18-9-11-5-4-8-16-11/h3-8,10H,9,15H2,1-2H3. The van der Waals surface area contributed by atoms with E-state index >= 15 is 0 Å². The van der Waals surface area contributed by atoms with Crippen LogP contribution in [-0.4, -0.2) is 6.10 Å². The van der Waals surface area contributed by atoms with Gasteiger partial charge in [-0.25, -0.2) is 0 Å². The maximum atomic E-state index is 6.09. The van der Waals surface area contributed by atoms with Gasteiger partial charge in [-0.1, -0.05) is 6.07 Å². The molecule has 0 radical (unpaired) electrons. The first kappa shape index (κ1) is 12.9. The first-order valence-corrected chi connectivity index (χ1v) is 6.85. The van der Waals surface area contributed by atoms with Gasteiger partial charge in [0.2, 0.25) is 0 Å². The number of thioether (sulfide) groups is 1. The van der Waals surface area contributed by atoms with Crippen molar-refractivity contribution in [3.8, 4) is 5.75 Å². The highest BCUT2D eigenvalue weighted by Crippen LogP contribution is 2.34. The lowest BCUT2D eigenvalue weighted by Gasteiger charge is -2.14. The SMILES string of the molecule is CC(C)Oc1cccc(SCc2ccco2)c1N. The fourth-order valence-corrected chi connectivity index (χ4v) is 2.44. The fourth-order valence-electron chi connectivity index (χ4n) is 1.55. The number of furan rings is 1. The molecule has 1 aromatic heterocycles. The molecule has 2 N–H and O–H groups in total. The quantitative estimate of drug-likeness (QED) is 0.655. The minimum absolute atomic E-state index is 0.123. The molecule has 0 aliphatic carbocycles. The molecule has 2 aromatic rings. The number of ether oxygens (including phenoxy) is 1. The molecule has 3 nitrogen and oxygen atoms in total. The van der Waals surface area contributed by atoms with Crippen molar-refractivity contribution in [2.24, 2.45) is 0 Å². The number of para-hydroxylation sites is 1. The van der Waals surface area contributed by atoms with Crippen LogP contribution in [-0.2, 0) is 5.75 Å². The smallest absolute Gasteiger partial charge is 0.143 e. The Labute approximate surface area is 111 Å². The van der Waals surface area contributed by atoms with E-state index in [4.69, 9.17) is 14.9 Å². The molecule has 0 amide bonds. The van der Waals surface area contributed by atoms with E-state index in [0.29, 0.717) is 5.69 Å². The van der Waals surface area contributed by atoms with Gasteiger partial charge in [0.15, 0.2) is 0 Å². The minimum atomic E-state index is 0.123. The average Bonchev–Trinajstić information content (AvgIpc) is 2.83. The lowest BCUT2D eigenvalue weighted by atomic mass is 10.3. The summed E-state index contributed by atoms with van der Waals surface area (Å²) in [5.41, 5.74) is 6.79. The van der Waals surface area contributed by atoms with Gasteiger partial charge in [0.1, 0.15) is 11.5 Å². The zero-order valence-electron chi connectivity index (χ0n) is 10.6. The molecule has 1 heterocycles. The molecule has 2 rings (SSSR count). The van der Waals surface area contributed by atoms with Crippen LogP contribution >= 0.6 is 11.8 Å². The predicted molar refractivity (Wildman–Crippen MR) is 74.9 cm³/mol. The van der Waals surface area contributed by atoms with Gasteiger partial charge in [-0.2, -0.15) is 0 Å². The van der Waals surface area contributed by atoms with Crippen LogP contribution in [0.4, 0.5) is 5.69 Å². The third-order valence-electron chi connectivity index (χ3n) is 2.34. The molecule has 0 aliphatic heterocycles. The molecule has 0 spiro atoms. The summed E-state index contributed by atoms with van der Waals surface area (Å²) in [6, 6.07) is 9.69. The summed E-state index contributed by atoms with van der Waals surface area (Å²) < 4.78 is 11.0. The second kappa shape index (κ2) is 5.87. The lowest BCUT2D eigenvalue weighted by Crippen LogP contribution is -2.07. The number of hydrogen-bond donors (Lipinski definition) is 1. The van der Waals surface area contributed by atoms with Crippen LogP contribution in [0.1, 0.15) is 19.6 Å². The molecule has 0 aliphatic rings. The van der Waals surface area contributed by atoms with Crippen LogP contribution in [0.2, 0.25) is 0 Å². The zero-order chi connectivity index (χ0) is 13.0. The molecular weight excluding hydrogens is 246 g/mol. The van der Waals surface area contributed by atoms with Crippen molar-refractivity contribution >= 4 is 17.4 Å². The summed E-state index contributed by atoms with van der Waals surface area (Å²) in [5.74, 6) is 2.45. The predicted octanol–water partition coefficient (Wildman–Crippen LogP) is 3.94. The van der Waals surface area contributed by atoms with E-state index < -0.39 is 0 Å². The first-order valence-electron chi connectivity index (χ1n) is 5.87. The Hall–Kier alpha value is -1.55. The topological polar surface area (TPSA) is 48.4 Å². The monoisotopic (exact) mass is 263 g/mol. The molecule has 4 heteroatoms. The van der Waals surface area contributed by atoms with Crippen molar-refractivity contribution in [1.82, 2.24) is 0 Å². The zero-order valence-corrected chi connectivity index (χ0v) is 11.4. The van der Waals surface area contributed by atoms with Gasteiger partial charge in [-0.3, -0.25) is 0 Å². The van der Waals surface area contributed by atoms with Gasteiger partial charge in [-0.15, -0.1) is 11.8 Å². The molecule has 0 saturated carbocycles. The summed E-state index contributed by atoms with van der Waals surface area (Å²) in [7, 11) is 0. The van der Waals surface area contributed by atoms with Gasteiger partial charge in [-0.05, 0) is 38.1 Å². The highest BCUT2D eigenvalue weighted by atomic mass is 32.2. The summed E-state index contributed by atoms with van der Waals surface area (Å²) in [5, 5.41) is 0. The molecule has 0 unspecified atom stereocenters. The Morgan fingerprint density at radius 1 is 1.28 bits per heavy atom. The molecule has 0 saturated heterocycles. The number of rotatable bonds is 5. The van der Waals surface area contributed by atoms with Crippen molar-refractivity contribution in [3.05, 3.63) is 42.4 Å². The van der Waals surface area contributed by atoms with E-state index in [2.05, 4.69) is 0 Å². The van der Waals surface area contributed by atoms with Crippen LogP contribution in [0.3, 0.4) is 0 Å².